The van der Waals surface area contributed by atoms with Crippen molar-refractivity contribution in [2.45, 2.75) is 33.2 Å². The molecule has 0 unspecified atom stereocenters. The predicted octanol–water partition coefficient (Wildman–Crippen LogP) is 3.66. The van der Waals surface area contributed by atoms with E-state index in [0.29, 0.717) is 12.2 Å². The average molecular weight is 402 g/mol. The summed E-state index contributed by atoms with van der Waals surface area (Å²) in [6.07, 6.45) is 7.91. The topological polar surface area (TPSA) is 67.2 Å². The Bertz CT molecular complexity index is 919. The number of carbonyl (C=O) groups excluding carboxylic acids is 1. The van der Waals surface area contributed by atoms with Gasteiger partial charge in [0.15, 0.2) is 5.69 Å². The summed E-state index contributed by atoms with van der Waals surface area (Å²) in [4.78, 5) is 25.2. The Kier molecular flexibility index (Phi) is 6.03. The quantitative estimate of drug-likeness (QED) is 0.669. The van der Waals surface area contributed by atoms with Crippen molar-refractivity contribution in [1.29, 1.82) is 0 Å². The Morgan fingerprint density at radius 1 is 1.11 bits per heavy atom. The highest BCUT2D eigenvalue weighted by molar-refractivity contribution is 7.14. The van der Waals surface area contributed by atoms with Crippen LogP contribution in [0.25, 0.3) is 5.69 Å². The first-order valence-electron chi connectivity index (χ1n) is 9.30. The van der Waals surface area contributed by atoms with Crippen molar-refractivity contribution < 1.29 is 9.50 Å². The van der Waals surface area contributed by atoms with E-state index in [1.165, 1.54) is 24.2 Å². The lowest BCUT2D eigenvalue weighted by Crippen LogP contribution is -2.23. The largest absolute Gasteiger partial charge is 0.357 e. The van der Waals surface area contributed by atoms with E-state index in [9.17, 15) is 4.79 Å². The van der Waals surface area contributed by atoms with Crippen molar-refractivity contribution >= 4 is 28.1 Å². The molecule has 0 aliphatic carbocycles. The van der Waals surface area contributed by atoms with Crippen molar-refractivity contribution in [2.24, 2.45) is 0 Å². The third-order valence-corrected chi connectivity index (χ3v) is 5.47. The van der Waals surface area contributed by atoms with Crippen LogP contribution >= 0.6 is 11.3 Å². The van der Waals surface area contributed by atoms with Crippen LogP contribution in [0.5, 0.6) is 0 Å². The molecule has 9 heteroatoms. The van der Waals surface area contributed by atoms with Gasteiger partial charge >= 0.3 is 0 Å². The summed E-state index contributed by atoms with van der Waals surface area (Å²) in [5, 5.41) is 5.34. The summed E-state index contributed by atoms with van der Waals surface area (Å²) < 4.78 is 1.74. The minimum absolute atomic E-state index is 0. The molecule has 2 aliphatic heterocycles. The normalized spacial score (nSPS) is 15.1. The molecule has 3 aromatic rings. The van der Waals surface area contributed by atoms with Gasteiger partial charge in [-0.1, -0.05) is 13.8 Å². The fourth-order valence-electron chi connectivity index (χ4n) is 3.38. The summed E-state index contributed by atoms with van der Waals surface area (Å²) >= 11 is 1.46. The van der Waals surface area contributed by atoms with E-state index in [4.69, 9.17) is 0 Å². The van der Waals surface area contributed by atoms with E-state index in [1.54, 1.807) is 21.3 Å². The Morgan fingerprint density at radius 2 is 1.89 bits per heavy atom. The summed E-state index contributed by atoms with van der Waals surface area (Å²) in [5.74, 6) is 0.938. The Morgan fingerprint density at radius 3 is 2.50 bits per heavy atom. The summed E-state index contributed by atoms with van der Waals surface area (Å²) in [6, 6.07) is 4.03. The number of rotatable bonds is 3. The Hall–Kier alpha value is -2.81. The van der Waals surface area contributed by atoms with Crippen LogP contribution in [-0.4, -0.2) is 38.7 Å². The molecular formula is C19H23FN6OS. The van der Waals surface area contributed by atoms with Crippen molar-refractivity contribution in [1.82, 2.24) is 19.7 Å². The number of halogens is 1. The van der Waals surface area contributed by atoms with Crippen LogP contribution in [-0.2, 0) is 6.54 Å². The molecule has 0 spiro atoms. The lowest BCUT2D eigenvalue weighted by atomic mass is 10.3. The molecule has 0 bridgehead atoms. The molecule has 148 valence electrons. The lowest BCUT2D eigenvalue weighted by molar-refractivity contribution is 0.0992. The number of amides is 1. The van der Waals surface area contributed by atoms with Crippen molar-refractivity contribution in [3.8, 4) is 5.69 Å². The number of pyridine rings is 1. The van der Waals surface area contributed by atoms with Crippen LogP contribution in [0.15, 0.2) is 36.2 Å². The number of anilines is 2. The summed E-state index contributed by atoms with van der Waals surface area (Å²) in [6.45, 7) is 6.68. The molecule has 1 saturated heterocycles. The first kappa shape index (κ1) is 19.9. The van der Waals surface area contributed by atoms with Crippen LogP contribution in [0.2, 0.25) is 0 Å². The molecule has 0 radical (unpaired) electrons. The highest BCUT2D eigenvalue weighted by Crippen LogP contribution is 2.30. The fraction of sp³-hybridized carbons (Fsp3) is 0.368. The van der Waals surface area contributed by atoms with Crippen LogP contribution < -0.4 is 9.80 Å². The number of aromatic nitrogens is 4. The maximum absolute atomic E-state index is 12.6. The number of hydrogen-bond acceptors (Lipinski definition) is 6. The number of carbonyl (C=O) groups is 1. The zero-order valence-corrected chi connectivity index (χ0v) is 16.7. The van der Waals surface area contributed by atoms with E-state index in [-0.39, 0.29) is 10.6 Å². The molecule has 2 aliphatic rings. The van der Waals surface area contributed by atoms with Crippen LogP contribution in [0, 0.1) is 0 Å². The zero-order chi connectivity index (χ0) is 18.8. The minimum Gasteiger partial charge on any atom is -0.357 e. The van der Waals surface area contributed by atoms with Gasteiger partial charge < -0.3 is 4.90 Å². The van der Waals surface area contributed by atoms with Gasteiger partial charge in [-0.15, -0.1) is 11.3 Å². The van der Waals surface area contributed by atoms with Crippen LogP contribution in [0.4, 0.5) is 15.5 Å². The SMILES string of the molecule is CC.F.O=C1c2nn(-c3ccc(N4CCCC4)nc3)cc2CN1c1cncs1. The molecule has 0 atom stereocenters. The third kappa shape index (κ3) is 3.49. The van der Waals surface area contributed by atoms with Gasteiger partial charge in [0.25, 0.3) is 5.91 Å². The molecule has 3 aromatic heterocycles. The predicted molar refractivity (Wildman–Crippen MR) is 109 cm³/mol. The Balaban J connectivity index is 0.000000728. The van der Waals surface area contributed by atoms with Gasteiger partial charge in [-0.3, -0.25) is 19.4 Å². The zero-order valence-electron chi connectivity index (χ0n) is 15.9. The third-order valence-electron chi connectivity index (χ3n) is 4.68. The molecule has 0 N–H and O–H groups in total. The summed E-state index contributed by atoms with van der Waals surface area (Å²) in [5.41, 5.74) is 4.04. The van der Waals surface area contributed by atoms with E-state index < -0.39 is 0 Å². The van der Waals surface area contributed by atoms with Gasteiger partial charge in [0, 0.05) is 24.8 Å². The first-order valence-corrected chi connectivity index (χ1v) is 10.2. The van der Waals surface area contributed by atoms with Crippen molar-refractivity contribution in [3.63, 3.8) is 0 Å². The number of hydrogen-bond donors (Lipinski definition) is 0. The van der Waals surface area contributed by atoms with E-state index in [2.05, 4.69) is 20.0 Å². The molecule has 0 aromatic carbocycles. The highest BCUT2D eigenvalue weighted by atomic mass is 32.1. The maximum Gasteiger partial charge on any atom is 0.280 e. The maximum atomic E-state index is 12.6. The minimum atomic E-state index is -0.0698. The molecular weight excluding hydrogens is 379 g/mol. The van der Waals surface area contributed by atoms with Crippen LogP contribution in [0.3, 0.4) is 0 Å². The Labute approximate surface area is 167 Å². The van der Waals surface area contributed by atoms with Gasteiger partial charge in [0.05, 0.1) is 30.1 Å². The summed E-state index contributed by atoms with van der Waals surface area (Å²) in [7, 11) is 0. The number of nitrogens with zero attached hydrogens (tertiary/aromatic N) is 6. The molecule has 5 rings (SSSR count). The van der Waals surface area contributed by atoms with Gasteiger partial charge in [0.1, 0.15) is 10.8 Å². The van der Waals surface area contributed by atoms with Gasteiger partial charge in [-0.25, -0.2) is 9.67 Å². The molecule has 7 nitrogen and oxygen atoms in total. The molecule has 1 amide bonds. The van der Waals surface area contributed by atoms with Gasteiger partial charge in [0.2, 0.25) is 0 Å². The number of fused-ring (bicyclic) bond motifs is 1. The van der Waals surface area contributed by atoms with E-state index in [0.717, 1.165) is 35.2 Å². The van der Waals surface area contributed by atoms with E-state index in [1.807, 2.05) is 38.4 Å². The fourth-order valence-corrected chi connectivity index (χ4v) is 4.00. The van der Waals surface area contributed by atoms with Gasteiger partial charge in [-0.05, 0) is 25.0 Å². The monoisotopic (exact) mass is 402 g/mol. The van der Waals surface area contributed by atoms with Crippen molar-refractivity contribution in [2.75, 3.05) is 22.9 Å². The second kappa shape index (κ2) is 8.47. The average Bonchev–Trinajstić information content (AvgIpc) is 3.50. The molecule has 28 heavy (non-hydrogen) atoms. The molecule has 1 fully saturated rings. The number of thiazole rings is 1. The van der Waals surface area contributed by atoms with E-state index >= 15 is 0 Å². The highest BCUT2D eigenvalue weighted by Gasteiger charge is 2.33. The van der Waals surface area contributed by atoms with Crippen molar-refractivity contribution in [3.05, 3.63) is 47.5 Å². The standard InChI is InChI=1S/C17H16N6OS.C2H6.FH/c24-17-16-12(9-22(17)15-8-18-11-25-15)10-23(20-16)13-3-4-14(19-7-13)21-5-1-2-6-21;1-2;/h3-4,7-8,10-11H,1-2,5-6,9H2;1-2H3;1H. The molecule has 0 saturated carbocycles. The van der Waals surface area contributed by atoms with Crippen LogP contribution in [0.1, 0.15) is 42.7 Å². The first-order chi connectivity index (χ1) is 13.3. The molecule has 5 heterocycles. The second-order valence-electron chi connectivity index (χ2n) is 6.25. The van der Waals surface area contributed by atoms with Gasteiger partial charge in [-0.2, -0.15) is 5.10 Å². The lowest BCUT2D eigenvalue weighted by Gasteiger charge is -2.16. The smallest absolute Gasteiger partial charge is 0.280 e. The second-order valence-corrected chi connectivity index (χ2v) is 7.11.